The van der Waals surface area contributed by atoms with Crippen molar-refractivity contribution in [2.45, 2.75) is 78.6 Å². The van der Waals surface area contributed by atoms with Crippen molar-refractivity contribution in [2.24, 2.45) is 0 Å². The van der Waals surface area contributed by atoms with Crippen LogP contribution in [0, 0.1) is 24.1 Å². The molecule has 1 aliphatic heterocycles. The van der Waals surface area contributed by atoms with E-state index in [-0.39, 0.29) is 35.3 Å². The number of rotatable bonds is 9. The topological polar surface area (TPSA) is 94.4 Å². The SMILES string of the molecule is Cc1c(CN2CCC(Nc3ncncc3Oc3ccc(F)cc3C(=O)N(C(C)C)C(C)C)CC2)ccc2c1C=C(C#N)C2. The zero-order valence-electron chi connectivity index (χ0n) is 25.5. The lowest BCUT2D eigenvalue weighted by Gasteiger charge is -2.33. The van der Waals surface area contributed by atoms with Crippen LogP contribution in [-0.4, -0.2) is 56.9 Å². The van der Waals surface area contributed by atoms with Crippen molar-refractivity contribution >= 4 is 17.8 Å². The maximum atomic E-state index is 14.3. The van der Waals surface area contributed by atoms with Crippen LogP contribution in [0.1, 0.15) is 73.1 Å². The largest absolute Gasteiger partial charge is 0.451 e. The molecule has 1 N–H and O–H groups in total. The van der Waals surface area contributed by atoms with Gasteiger partial charge >= 0.3 is 0 Å². The number of carbonyl (C=O) groups excluding carboxylic acids is 1. The molecule has 0 radical (unpaired) electrons. The summed E-state index contributed by atoms with van der Waals surface area (Å²) < 4.78 is 20.5. The van der Waals surface area contributed by atoms with Crippen molar-refractivity contribution in [3.05, 3.63) is 82.1 Å². The molecule has 2 aliphatic rings. The highest BCUT2D eigenvalue weighted by molar-refractivity contribution is 5.97. The standard InChI is InChI=1S/C34H39FN6O2/c1-21(2)41(22(3)4)34(42)30-16-27(35)8-9-31(30)43-32-18-37-20-38-33(32)39-28-10-12-40(13-11-28)19-26-7-6-25-14-24(17-36)15-29(25)23(26)5/h6-9,15-16,18,20-22,28H,10-14,19H2,1-5H3,(H,37,38,39). The number of anilines is 1. The van der Waals surface area contributed by atoms with E-state index in [1.54, 1.807) is 11.1 Å². The first-order chi connectivity index (χ1) is 20.6. The van der Waals surface area contributed by atoms with Crippen LogP contribution in [0.15, 0.2) is 48.4 Å². The average Bonchev–Trinajstić information content (AvgIpc) is 3.41. The Labute approximate surface area is 253 Å². The van der Waals surface area contributed by atoms with Gasteiger partial charge in [-0.1, -0.05) is 12.1 Å². The highest BCUT2D eigenvalue weighted by Gasteiger charge is 2.27. The minimum atomic E-state index is -0.504. The second-order valence-corrected chi connectivity index (χ2v) is 12.0. The van der Waals surface area contributed by atoms with Gasteiger partial charge in [-0.3, -0.25) is 9.69 Å². The van der Waals surface area contributed by atoms with E-state index in [2.05, 4.69) is 45.3 Å². The number of likely N-dealkylation sites (tertiary alicyclic amines) is 1. The van der Waals surface area contributed by atoms with Crippen LogP contribution in [0.25, 0.3) is 6.08 Å². The number of benzene rings is 2. The van der Waals surface area contributed by atoms with Crippen LogP contribution in [0.4, 0.5) is 10.2 Å². The summed E-state index contributed by atoms with van der Waals surface area (Å²) in [5.41, 5.74) is 5.98. The molecule has 0 unspecified atom stereocenters. The Hall–Kier alpha value is -4.29. The molecule has 43 heavy (non-hydrogen) atoms. The number of carbonyl (C=O) groups is 1. The molecule has 9 heteroatoms. The summed E-state index contributed by atoms with van der Waals surface area (Å²) in [6, 6.07) is 10.7. The molecule has 0 atom stereocenters. The van der Waals surface area contributed by atoms with Crippen molar-refractivity contribution in [3.63, 3.8) is 0 Å². The number of nitriles is 1. The van der Waals surface area contributed by atoms with Crippen LogP contribution in [0.2, 0.25) is 0 Å². The van der Waals surface area contributed by atoms with Crippen LogP contribution in [0.5, 0.6) is 11.5 Å². The molecule has 5 rings (SSSR count). The summed E-state index contributed by atoms with van der Waals surface area (Å²) in [5.74, 6) is 0.376. The minimum absolute atomic E-state index is 0.0633. The Bertz CT molecular complexity index is 1560. The van der Waals surface area contributed by atoms with Gasteiger partial charge in [0.05, 0.1) is 17.8 Å². The molecule has 0 spiro atoms. The van der Waals surface area contributed by atoms with Crippen LogP contribution < -0.4 is 10.1 Å². The fourth-order valence-electron chi connectivity index (χ4n) is 6.11. The molecule has 8 nitrogen and oxygen atoms in total. The third-order valence-electron chi connectivity index (χ3n) is 8.30. The summed E-state index contributed by atoms with van der Waals surface area (Å²) in [5, 5.41) is 12.8. The number of hydrogen-bond acceptors (Lipinski definition) is 7. The van der Waals surface area contributed by atoms with E-state index in [0.717, 1.165) is 44.5 Å². The minimum Gasteiger partial charge on any atom is -0.451 e. The third kappa shape index (κ3) is 6.70. The number of aromatic nitrogens is 2. The molecule has 1 amide bonds. The summed E-state index contributed by atoms with van der Waals surface area (Å²) in [6.07, 6.45) is 7.62. The number of hydrogen-bond donors (Lipinski definition) is 1. The predicted octanol–water partition coefficient (Wildman–Crippen LogP) is 6.52. The van der Waals surface area contributed by atoms with Gasteiger partial charge in [0, 0.05) is 49.8 Å². The maximum absolute atomic E-state index is 14.3. The fourth-order valence-corrected chi connectivity index (χ4v) is 6.11. The van der Waals surface area contributed by atoms with Gasteiger partial charge in [0.1, 0.15) is 17.9 Å². The summed E-state index contributed by atoms with van der Waals surface area (Å²) in [7, 11) is 0. The zero-order valence-corrected chi connectivity index (χ0v) is 25.5. The van der Waals surface area contributed by atoms with Gasteiger partial charge in [0.15, 0.2) is 11.6 Å². The second kappa shape index (κ2) is 12.9. The molecule has 1 aliphatic carbocycles. The van der Waals surface area contributed by atoms with Crippen molar-refractivity contribution in [1.82, 2.24) is 19.8 Å². The average molecular weight is 583 g/mol. The van der Waals surface area contributed by atoms with Gasteiger partial charge in [0.2, 0.25) is 0 Å². The first kappa shape index (κ1) is 30.2. The zero-order chi connectivity index (χ0) is 30.7. The number of piperidine rings is 1. The second-order valence-electron chi connectivity index (χ2n) is 12.0. The predicted molar refractivity (Wildman–Crippen MR) is 165 cm³/mol. The van der Waals surface area contributed by atoms with E-state index in [1.807, 2.05) is 33.8 Å². The number of nitrogens with zero attached hydrogens (tertiary/aromatic N) is 5. The highest BCUT2D eigenvalue weighted by atomic mass is 19.1. The molecule has 0 saturated carbocycles. The quantitative estimate of drug-likeness (QED) is 0.307. The monoisotopic (exact) mass is 582 g/mol. The smallest absolute Gasteiger partial charge is 0.258 e. The van der Waals surface area contributed by atoms with E-state index < -0.39 is 5.82 Å². The molecule has 1 aromatic heterocycles. The fraction of sp³-hybridized carbons (Fsp3) is 0.412. The van der Waals surface area contributed by atoms with Gasteiger partial charge in [-0.05, 0) is 94.0 Å². The molecule has 3 aromatic rings. The van der Waals surface area contributed by atoms with Gasteiger partial charge in [-0.25, -0.2) is 14.4 Å². The molecular formula is C34H39FN6O2. The Morgan fingerprint density at radius 3 is 2.60 bits per heavy atom. The molecular weight excluding hydrogens is 543 g/mol. The molecule has 2 aromatic carbocycles. The number of allylic oxidation sites excluding steroid dienone is 1. The van der Waals surface area contributed by atoms with Gasteiger partial charge in [-0.15, -0.1) is 0 Å². The van der Waals surface area contributed by atoms with E-state index >= 15 is 0 Å². The van der Waals surface area contributed by atoms with E-state index in [4.69, 9.17) is 4.74 Å². The summed E-state index contributed by atoms with van der Waals surface area (Å²) in [4.78, 5) is 26.2. The summed E-state index contributed by atoms with van der Waals surface area (Å²) in [6.45, 7) is 12.6. The van der Waals surface area contributed by atoms with E-state index in [0.29, 0.717) is 11.6 Å². The number of nitrogens with one attached hydrogen (secondary N) is 1. The van der Waals surface area contributed by atoms with Crippen molar-refractivity contribution in [2.75, 3.05) is 18.4 Å². The Morgan fingerprint density at radius 2 is 1.91 bits per heavy atom. The third-order valence-corrected chi connectivity index (χ3v) is 8.30. The Balaban J connectivity index is 1.25. The van der Waals surface area contributed by atoms with Crippen molar-refractivity contribution < 1.29 is 13.9 Å². The molecule has 2 heterocycles. The lowest BCUT2D eigenvalue weighted by molar-refractivity contribution is 0.0640. The van der Waals surface area contributed by atoms with Crippen molar-refractivity contribution in [3.8, 4) is 17.6 Å². The molecule has 1 fully saturated rings. The van der Waals surface area contributed by atoms with Gasteiger partial charge in [-0.2, -0.15) is 5.26 Å². The highest BCUT2D eigenvalue weighted by Crippen LogP contribution is 2.33. The van der Waals surface area contributed by atoms with Crippen molar-refractivity contribution in [1.29, 1.82) is 5.26 Å². The molecule has 0 bridgehead atoms. The summed E-state index contributed by atoms with van der Waals surface area (Å²) >= 11 is 0. The lowest BCUT2D eigenvalue weighted by Crippen LogP contribution is -2.42. The lowest BCUT2D eigenvalue weighted by atomic mass is 9.97. The van der Waals surface area contributed by atoms with Gasteiger partial charge in [0.25, 0.3) is 5.91 Å². The normalized spacial score (nSPS) is 15.3. The van der Waals surface area contributed by atoms with E-state index in [9.17, 15) is 14.4 Å². The first-order valence-electron chi connectivity index (χ1n) is 15.0. The first-order valence-corrected chi connectivity index (χ1v) is 15.0. The van der Waals surface area contributed by atoms with Crippen LogP contribution in [0.3, 0.4) is 0 Å². The maximum Gasteiger partial charge on any atom is 0.258 e. The Morgan fingerprint density at radius 1 is 1.16 bits per heavy atom. The van der Waals surface area contributed by atoms with E-state index in [1.165, 1.54) is 46.8 Å². The Kier molecular flexibility index (Phi) is 9.07. The number of fused-ring (bicyclic) bond motifs is 1. The number of halogens is 1. The number of ether oxygens (including phenoxy) is 1. The molecule has 1 saturated heterocycles. The number of amides is 1. The van der Waals surface area contributed by atoms with Gasteiger partial charge < -0.3 is 15.0 Å². The van der Waals surface area contributed by atoms with Crippen LogP contribution in [-0.2, 0) is 13.0 Å². The molecule has 224 valence electrons. The van der Waals surface area contributed by atoms with Crippen LogP contribution >= 0.6 is 0 Å².